The molecule has 0 aliphatic carbocycles. The predicted molar refractivity (Wildman–Crippen MR) is 47.3 cm³/mol. The van der Waals surface area contributed by atoms with Gasteiger partial charge in [0.15, 0.2) is 0 Å². The van der Waals surface area contributed by atoms with Gasteiger partial charge in [0.1, 0.15) is 0 Å². The molecule has 11 heavy (non-hydrogen) atoms. The minimum absolute atomic E-state index is 0.988. The van der Waals surface area contributed by atoms with E-state index in [4.69, 9.17) is 0 Å². The fraction of sp³-hybridized carbons (Fsp3) is 0.222. The van der Waals surface area contributed by atoms with E-state index in [0.717, 1.165) is 16.3 Å². The lowest BCUT2D eigenvalue weighted by molar-refractivity contribution is 1.28. The molecule has 0 atom stereocenters. The van der Waals surface area contributed by atoms with Crippen molar-refractivity contribution in [2.45, 2.75) is 13.8 Å². The number of nitrogens with one attached hydrogen (secondary N) is 1. The number of allylic oxidation sites excluding steroid dienone is 1. The van der Waals surface area contributed by atoms with Crippen molar-refractivity contribution in [3.05, 3.63) is 29.7 Å². The Bertz CT molecular complexity index is 357. The van der Waals surface area contributed by atoms with Crippen molar-refractivity contribution in [1.29, 1.82) is 0 Å². The molecule has 0 aliphatic rings. The molecule has 0 saturated carbocycles. The lowest BCUT2D eigenvalue weighted by atomic mass is 10.3. The molecule has 0 unspecified atom stereocenters. The van der Waals surface area contributed by atoms with Gasteiger partial charge in [-0.3, -0.25) is 0 Å². The summed E-state index contributed by atoms with van der Waals surface area (Å²) in [6.07, 6.45) is 5.50. The third-order valence-electron chi connectivity index (χ3n) is 1.64. The van der Waals surface area contributed by atoms with Crippen LogP contribution in [0.2, 0.25) is 0 Å². The van der Waals surface area contributed by atoms with Crippen LogP contribution < -0.4 is 10.7 Å². The van der Waals surface area contributed by atoms with E-state index in [2.05, 4.69) is 16.5 Å². The minimum Gasteiger partial charge on any atom is -0.345 e. The number of aromatic nitrogens is 2. The molecule has 58 valence electrons. The Morgan fingerprint density at radius 2 is 2.45 bits per heavy atom. The van der Waals surface area contributed by atoms with Crippen molar-refractivity contribution in [3.8, 4) is 0 Å². The Morgan fingerprint density at radius 1 is 1.73 bits per heavy atom. The van der Waals surface area contributed by atoms with E-state index in [1.165, 1.54) is 0 Å². The highest BCUT2D eigenvalue weighted by atomic mass is 14.9. The molecular weight excluding hydrogens is 136 g/mol. The summed E-state index contributed by atoms with van der Waals surface area (Å²) in [6.45, 7) is 7.66. The lowest BCUT2D eigenvalue weighted by Crippen LogP contribution is -2.25. The lowest BCUT2D eigenvalue weighted by Gasteiger charge is -1.83. The smallest absolute Gasteiger partial charge is 0.0931 e. The Morgan fingerprint density at radius 3 is 3.00 bits per heavy atom. The number of hydrogen-bond donors (Lipinski definition) is 1. The van der Waals surface area contributed by atoms with Gasteiger partial charge in [-0.05, 0) is 19.4 Å². The van der Waals surface area contributed by atoms with Gasteiger partial charge in [-0.2, -0.15) is 0 Å². The molecule has 0 aliphatic heterocycles. The van der Waals surface area contributed by atoms with Gasteiger partial charge >= 0.3 is 0 Å². The van der Waals surface area contributed by atoms with Gasteiger partial charge in [0.05, 0.1) is 17.0 Å². The standard InChI is InChI=1S/C9H12N2/c1-4-7(3)9-8(5-2)10-6-11-9/h4-6H,1H2,2-3H3,(H,10,11)/b8-5+,9-7+. The zero-order valence-corrected chi connectivity index (χ0v) is 6.89. The molecule has 1 N–H and O–H groups in total. The number of imidazole rings is 1. The molecule has 1 aromatic heterocycles. The molecule has 1 rings (SSSR count). The first-order valence-corrected chi connectivity index (χ1v) is 3.58. The Hall–Kier alpha value is -1.31. The van der Waals surface area contributed by atoms with Crippen LogP contribution in [-0.2, 0) is 0 Å². The zero-order chi connectivity index (χ0) is 8.27. The fourth-order valence-corrected chi connectivity index (χ4v) is 0.935. The van der Waals surface area contributed by atoms with Gasteiger partial charge in [0.25, 0.3) is 0 Å². The van der Waals surface area contributed by atoms with Crippen LogP contribution in [0, 0.1) is 0 Å². The topological polar surface area (TPSA) is 28.7 Å². The predicted octanol–water partition coefficient (Wildman–Crippen LogP) is 0.567. The summed E-state index contributed by atoms with van der Waals surface area (Å²) in [5.41, 5.74) is 1.10. The fourth-order valence-electron chi connectivity index (χ4n) is 0.935. The van der Waals surface area contributed by atoms with Crippen LogP contribution in [0.4, 0.5) is 0 Å². The quantitative estimate of drug-likeness (QED) is 0.619. The first kappa shape index (κ1) is 7.79. The van der Waals surface area contributed by atoms with Gasteiger partial charge in [-0.15, -0.1) is 0 Å². The van der Waals surface area contributed by atoms with Crippen LogP contribution in [0.5, 0.6) is 0 Å². The van der Waals surface area contributed by atoms with E-state index in [0.29, 0.717) is 0 Å². The average molecular weight is 148 g/mol. The van der Waals surface area contributed by atoms with E-state index in [9.17, 15) is 0 Å². The number of nitrogens with zero attached hydrogens (tertiary/aromatic N) is 1. The second-order valence-electron chi connectivity index (χ2n) is 2.34. The van der Waals surface area contributed by atoms with E-state index >= 15 is 0 Å². The van der Waals surface area contributed by atoms with Gasteiger partial charge in [0.2, 0.25) is 0 Å². The Balaban J connectivity index is 3.58. The molecule has 2 nitrogen and oxygen atoms in total. The van der Waals surface area contributed by atoms with Crippen LogP contribution in [0.15, 0.2) is 19.0 Å². The molecule has 0 radical (unpaired) electrons. The van der Waals surface area contributed by atoms with Crippen molar-refractivity contribution in [2.75, 3.05) is 0 Å². The highest BCUT2D eigenvalue weighted by Crippen LogP contribution is 1.85. The number of hydrogen-bond acceptors (Lipinski definition) is 1. The maximum absolute atomic E-state index is 4.16. The summed E-state index contributed by atoms with van der Waals surface area (Å²) in [5.74, 6) is 0. The molecule has 0 saturated heterocycles. The summed E-state index contributed by atoms with van der Waals surface area (Å²) in [4.78, 5) is 7.20. The number of aromatic amines is 1. The molecule has 0 amide bonds. The Labute approximate surface area is 66.0 Å². The van der Waals surface area contributed by atoms with Crippen LogP contribution >= 0.6 is 0 Å². The van der Waals surface area contributed by atoms with Gasteiger partial charge in [-0.25, -0.2) is 4.98 Å². The van der Waals surface area contributed by atoms with Crippen molar-refractivity contribution in [1.82, 2.24) is 9.97 Å². The molecule has 0 fully saturated rings. The van der Waals surface area contributed by atoms with Crippen LogP contribution in [0.1, 0.15) is 13.8 Å². The van der Waals surface area contributed by atoms with E-state index in [1.807, 2.05) is 26.0 Å². The number of H-pyrrole nitrogens is 1. The average Bonchev–Trinajstić information content (AvgIpc) is 2.50. The van der Waals surface area contributed by atoms with Gasteiger partial charge in [0, 0.05) is 0 Å². The van der Waals surface area contributed by atoms with Gasteiger partial charge < -0.3 is 4.98 Å². The first-order chi connectivity index (χ1) is 5.29. The van der Waals surface area contributed by atoms with E-state index in [-0.39, 0.29) is 0 Å². The molecule has 0 bridgehead atoms. The van der Waals surface area contributed by atoms with Crippen LogP contribution in [0.3, 0.4) is 0 Å². The summed E-state index contributed by atoms with van der Waals surface area (Å²) in [6, 6.07) is 0. The maximum atomic E-state index is 4.16. The molecule has 2 heteroatoms. The summed E-state index contributed by atoms with van der Waals surface area (Å²) >= 11 is 0. The largest absolute Gasteiger partial charge is 0.345 e. The van der Waals surface area contributed by atoms with Crippen LogP contribution in [0.25, 0.3) is 11.6 Å². The first-order valence-electron chi connectivity index (χ1n) is 3.58. The zero-order valence-electron chi connectivity index (χ0n) is 6.89. The minimum atomic E-state index is 0.988. The van der Waals surface area contributed by atoms with Crippen molar-refractivity contribution >= 4 is 11.6 Å². The maximum Gasteiger partial charge on any atom is 0.0931 e. The highest BCUT2D eigenvalue weighted by molar-refractivity contribution is 5.51. The molecule has 1 aromatic rings. The second kappa shape index (κ2) is 3.19. The third kappa shape index (κ3) is 1.40. The van der Waals surface area contributed by atoms with E-state index in [1.54, 1.807) is 6.33 Å². The van der Waals surface area contributed by atoms with Crippen LogP contribution in [-0.4, -0.2) is 9.97 Å². The summed E-state index contributed by atoms with van der Waals surface area (Å²) in [7, 11) is 0. The molecular formula is C9H12N2. The van der Waals surface area contributed by atoms with Crippen molar-refractivity contribution in [2.24, 2.45) is 0 Å². The Kier molecular flexibility index (Phi) is 2.26. The molecule has 0 spiro atoms. The van der Waals surface area contributed by atoms with Crippen molar-refractivity contribution < 1.29 is 0 Å². The van der Waals surface area contributed by atoms with E-state index < -0.39 is 0 Å². The SMILES string of the molecule is C=C/C(C)=c1/nc[nH]/c1=C/C. The normalized spacial score (nSPS) is 14.9. The summed E-state index contributed by atoms with van der Waals surface area (Å²) < 4.78 is 0. The highest BCUT2D eigenvalue weighted by Gasteiger charge is 1.88. The molecule has 1 heterocycles. The number of rotatable bonds is 1. The van der Waals surface area contributed by atoms with Crippen molar-refractivity contribution in [3.63, 3.8) is 0 Å². The second-order valence-corrected chi connectivity index (χ2v) is 2.34. The monoisotopic (exact) mass is 148 g/mol. The third-order valence-corrected chi connectivity index (χ3v) is 1.64. The molecule has 0 aromatic carbocycles. The summed E-state index contributed by atoms with van der Waals surface area (Å²) in [5, 5.41) is 2.05. The van der Waals surface area contributed by atoms with Gasteiger partial charge in [-0.1, -0.05) is 18.7 Å².